The number of hydrogen-bond donors (Lipinski definition) is 2. The highest BCUT2D eigenvalue weighted by molar-refractivity contribution is 5.93. The summed E-state index contributed by atoms with van der Waals surface area (Å²) >= 11 is 0. The van der Waals surface area contributed by atoms with Crippen LogP contribution >= 0.6 is 0 Å². The summed E-state index contributed by atoms with van der Waals surface area (Å²) in [6.07, 6.45) is 5.27. The Bertz CT molecular complexity index is 869. The van der Waals surface area contributed by atoms with E-state index in [1.807, 2.05) is 20.8 Å². The summed E-state index contributed by atoms with van der Waals surface area (Å²) in [6.45, 7) is 11.7. The Morgan fingerprint density at radius 1 is 0.973 bits per heavy atom. The van der Waals surface area contributed by atoms with Crippen molar-refractivity contribution in [2.45, 2.75) is 117 Å². The van der Waals surface area contributed by atoms with Crippen molar-refractivity contribution in [3.8, 4) is 0 Å². The Labute approximate surface area is 222 Å². The molecule has 8 heteroatoms. The number of amides is 2. The van der Waals surface area contributed by atoms with Gasteiger partial charge in [0.15, 0.2) is 5.78 Å². The first-order valence-electron chi connectivity index (χ1n) is 14.1. The van der Waals surface area contributed by atoms with Crippen LogP contribution in [-0.2, 0) is 23.9 Å². The number of fused-ring (bicyclic) bond motifs is 1. The molecule has 0 radical (unpaired) electrons. The molecule has 2 amide bonds. The molecule has 2 aliphatic carbocycles. The first-order chi connectivity index (χ1) is 17.1. The second-order valence-corrected chi connectivity index (χ2v) is 13.8. The molecule has 0 aromatic heterocycles. The van der Waals surface area contributed by atoms with Gasteiger partial charge in [-0.15, -0.1) is 0 Å². The third kappa shape index (κ3) is 7.33. The maximum atomic E-state index is 14.0. The minimum atomic E-state index is -1.37. The largest absolute Gasteiger partial charge is 0.460 e. The van der Waals surface area contributed by atoms with Crippen LogP contribution in [0.4, 0.5) is 0 Å². The number of ketones is 1. The van der Waals surface area contributed by atoms with Crippen LogP contribution in [-0.4, -0.2) is 57.9 Å². The van der Waals surface area contributed by atoms with Crippen molar-refractivity contribution in [2.24, 2.45) is 40.7 Å². The standard InChI is InChI=1S/C29H48N2O6/c1-28(2,3)21(15-23(33)37-29(4,5)6)27(36)31-16-18-11-8-12-20(18)24(31)22(32)14-19(25(34)26(30)35)13-17-9-7-10-17/h17-21,24-25,34H,7-16H2,1-6H3,(H2,30,35)/t18-,19?,20-,21+,24-,25?/m0/s1. The third-order valence-corrected chi connectivity index (χ3v) is 8.70. The molecule has 1 heterocycles. The lowest BCUT2D eigenvalue weighted by atomic mass is 9.75. The zero-order chi connectivity index (χ0) is 27.7. The fraction of sp³-hybridized carbons (Fsp3) is 0.862. The summed E-state index contributed by atoms with van der Waals surface area (Å²) in [5, 5.41) is 10.5. The fourth-order valence-corrected chi connectivity index (χ4v) is 6.55. The number of carbonyl (C=O) groups is 4. The summed E-state index contributed by atoms with van der Waals surface area (Å²) in [5.74, 6) is -1.94. The van der Waals surface area contributed by atoms with Crippen molar-refractivity contribution < 1.29 is 29.0 Å². The van der Waals surface area contributed by atoms with Gasteiger partial charge in [-0.05, 0) is 63.2 Å². The number of likely N-dealkylation sites (tertiary alicyclic amines) is 1. The van der Waals surface area contributed by atoms with Crippen LogP contribution in [0.1, 0.15) is 99.3 Å². The zero-order valence-corrected chi connectivity index (χ0v) is 23.6. The highest BCUT2D eigenvalue weighted by Gasteiger charge is 2.52. The van der Waals surface area contributed by atoms with Crippen LogP contribution in [0, 0.1) is 35.0 Å². The predicted molar refractivity (Wildman–Crippen MR) is 140 cm³/mol. The SMILES string of the molecule is CC(C)(C)OC(=O)C[C@H](C(=O)N1C[C@@H]2CCC[C@@H]2[C@H]1C(=O)CC(CC1CCC1)C(O)C(N)=O)C(C)(C)C. The highest BCUT2D eigenvalue weighted by atomic mass is 16.6. The number of ether oxygens (including phenoxy) is 1. The van der Waals surface area contributed by atoms with E-state index in [0.29, 0.717) is 18.9 Å². The van der Waals surface area contributed by atoms with E-state index in [4.69, 9.17) is 10.5 Å². The van der Waals surface area contributed by atoms with Gasteiger partial charge in [-0.2, -0.15) is 0 Å². The van der Waals surface area contributed by atoms with E-state index in [-0.39, 0.29) is 36.4 Å². The predicted octanol–water partition coefficient (Wildman–Crippen LogP) is 3.62. The minimum Gasteiger partial charge on any atom is -0.460 e. The fourth-order valence-electron chi connectivity index (χ4n) is 6.55. The molecule has 3 rings (SSSR count). The van der Waals surface area contributed by atoms with Crippen LogP contribution in [0.5, 0.6) is 0 Å². The summed E-state index contributed by atoms with van der Waals surface area (Å²) in [5.41, 5.74) is 4.28. The summed E-state index contributed by atoms with van der Waals surface area (Å²) in [6, 6.07) is -0.590. The number of nitrogens with two attached hydrogens (primary N) is 1. The van der Waals surface area contributed by atoms with Gasteiger partial charge in [0.1, 0.15) is 11.7 Å². The molecule has 3 aliphatic rings. The summed E-state index contributed by atoms with van der Waals surface area (Å²) < 4.78 is 5.53. The molecule has 6 atom stereocenters. The van der Waals surface area contributed by atoms with Gasteiger partial charge in [0.2, 0.25) is 11.8 Å². The summed E-state index contributed by atoms with van der Waals surface area (Å²) in [4.78, 5) is 54.2. The van der Waals surface area contributed by atoms with Crippen molar-refractivity contribution in [2.75, 3.05) is 6.54 Å². The molecule has 0 spiro atoms. The van der Waals surface area contributed by atoms with Gasteiger partial charge in [0.25, 0.3) is 0 Å². The van der Waals surface area contributed by atoms with Crippen molar-refractivity contribution in [1.82, 2.24) is 4.90 Å². The van der Waals surface area contributed by atoms with Crippen LogP contribution in [0.2, 0.25) is 0 Å². The van der Waals surface area contributed by atoms with Crippen LogP contribution in [0.15, 0.2) is 0 Å². The molecule has 0 bridgehead atoms. The molecular weight excluding hydrogens is 472 g/mol. The maximum Gasteiger partial charge on any atom is 0.307 e. The minimum absolute atomic E-state index is 0.0323. The van der Waals surface area contributed by atoms with Crippen molar-refractivity contribution in [1.29, 1.82) is 0 Å². The van der Waals surface area contributed by atoms with E-state index in [1.54, 1.807) is 25.7 Å². The second kappa shape index (κ2) is 11.4. The average molecular weight is 521 g/mol. The van der Waals surface area contributed by atoms with Gasteiger partial charge in [-0.3, -0.25) is 19.2 Å². The number of aliphatic hydroxyl groups excluding tert-OH is 1. The van der Waals surface area contributed by atoms with E-state index in [2.05, 4.69) is 0 Å². The lowest BCUT2D eigenvalue weighted by molar-refractivity contribution is -0.161. The molecule has 1 aliphatic heterocycles. The molecule has 3 fully saturated rings. The smallest absolute Gasteiger partial charge is 0.307 e. The molecule has 0 aromatic rings. The van der Waals surface area contributed by atoms with Crippen LogP contribution in [0.25, 0.3) is 0 Å². The molecule has 8 nitrogen and oxygen atoms in total. The Kier molecular flexibility index (Phi) is 9.14. The van der Waals surface area contributed by atoms with E-state index < -0.39 is 46.9 Å². The van der Waals surface area contributed by atoms with E-state index in [1.165, 1.54) is 0 Å². The number of hydrogen-bond acceptors (Lipinski definition) is 6. The van der Waals surface area contributed by atoms with Gasteiger partial charge < -0.3 is 20.5 Å². The molecule has 1 saturated heterocycles. The number of carbonyl (C=O) groups excluding carboxylic acids is 4. The lowest BCUT2D eigenvalue weighted by Gasteiger charge is -2.37. The molecule has 2 saturated carbocycles. The van der Waals surface area contributed by atoms with Gasteiger partial charge in [-0.1, -0.05) is 46.5 Å². The number of aliphatic hydroxyl groups is 1. The summed E-state index contributed by atoms with van der Waals surface area (Å²) in [7, 11) is 0. The monoisotopic (exact) mass is 520 g/mol. The normalized spacial score (nSPS) is 26.7. The lowest BCUT2D eigenvalue weighted by Crippen LogP contribution is -2.50. The van der Waals surface area contributed by atoms with Crippen LogP contribution in [0.3, 0.4) is 0 Å². The Hall–Kier alpha value is -1.96. The van der Waals surface area contributed by atoms with E-state index in [9.17, 15) is 24.3 Å². The number of esters is 1. The van der Waals surface area contributed by atoms with Crippen molar-refractivity contribution in [3.05, 3.63) is 0 Å². The number of rotatable bonds is 10. The average Bonchev–Trinajstić information content (AvgIpc) is 3.31. The number of primary amides is 1. The molecule has 37 heavy (non-hydrogen) atoms. The zero-order valence-electron chi connectivity index (χ0n) is 23.6. The van der Waals surface area contributed by atoms with Crippen molar-refractivity contribution in [3.63, 3.8) is 0 Å². The molecule has 2 unspecified atom stereocenters. The molecule has 0 aromatic carbocycles. The maximum absolute atomic E-state index is 14.0. The first-order valence-corrected chi connectivity index (χ1v) is 14.1. The quantitative estimate of drug-likeness (QED) is 0.424. The van der Waals surface area contributed by atoms with E-state index in [0.717, 1.165) is 38.5 Å². The van der Waals surface area contributed by atoms with Gasteiger partial charge in [0, 0.05) is 18.9 Å². The topological polar surface area (TPSA) is 127 Å². The van der Waals surface area contributed by atoms with Crippen molar-refractivity contribution >= 4 is 23.6 Å². The Balaban J connectivity index is 1.83. The molecule has 3 N–H and O–H groups in total. The second-order valence-electron chi connectivity index (χ2n) is 13.8. The molecule has 210 valence electrons. The Morgan fingerprint density at radius 3 is 2.11 bits per heavy atom. The van der Waals surface area contributed by atoms with E-state index >= 15 is 0 Å². The number of Topliss-reactive ketones (excluding diaryl/α,β-unsaturated/α-hetero) is 1. The Morgan fingerprint density at radius 2 is 1.59 bits per heavy atom. The van der Waals surface area contributed by atoms with Gasteiger partial charge in [0.05, 0.1) is 18.4 Å². The third-order valence-electron chi connectivity index (χ3n) is 8.70. The number of nitrogens with zero attached hydrogens (tertiary/aromatic N) is 1. The first kappa shape index (κ1) is 29.6. The van der Waals surface area contributed by atoms with Gasteiger partial charge >= 0.3 is 5.97 Å². The molecular formula is C29H48N2O6. The highest BCUT2D eigenvalue weighted by Crippen LogP contribution is 2.45. The van der Waals surface area contributed by atoms with Crippen LogP contribution < -0.4 is 5.73 Å². The van der Waals surface area contributed by atoms with Gasteiger partial charge in [-0.25, -0.2) is 0 Å².